The molecule has 0 radical (unpaired) electrons. The van der Waals surface area contributed by atoms with Gasteiger partial charge >= 0.3 is 0 Å². The van der Waals surface area contributed by atoms with E-state index in [-0.39, 0.29) is 0 Å². The van der Waals surface area contributed by atoms with Crippen molar-refractivity contribution in [3.05, 3.63) is 54.6 Å². The molecule has 0 fully saturated rings. The number of hydrogen-bond acceptors (Lipinski definition) is 0. The SMILES string of the molecule is C[n+]1cccc(Cn2cccc2)c1. The Morgan fingerprint density at radius 3 is 2.69 bits per heavy atom. The Morgan fingerprint density at radius 1 is 1.23 bits per heavy atom. The zero-order valence-electron chi connectivity index (χ0n) is 7.72. The molecule has 0 saturated heterocycles. The molecular weight excluding hydrogens is 160 g/mol. The van der Waals surface area contributed by atoms with E-state index in [0.29, 0.717) is 0 Å². The van der Waals surface area contributed by atoms with Gasteiger partial charge in [-0.15, -0.1) is 0 Å². The molecular formula is C11H13N2+. The van der Waals surface area contributed by atoms with E-state index in [9.17, 15) is 0 Å². The van der Waals surface area contributed by atoms with E-state index in [1.165, 1.54) is 5.56 Å². The third-order valence-electron chi connectivity index (χ3n) is 2.03. The van der Waals surface area contributed by atoms with Crippen LogP contribution in [0.3, 0.4) is 0 Å². The average Bonchev–Trinajstić information content (AvgIpc) is 2.57. The lowest BCUT2D eigenvalue weighted by Crippen LogP contribution is -2.27. The van der Waals surface area contributed by atoms with Crippen molar-refractivity contribution in [2.75, 3.05) is 0 Å². The van der Waals surface area contributed by atoms with Crippen molar-refractivity contribution in [3.8, 4) is 0 Å². The second kappa shape index (κ2) is 3.44. The highest BCUT2D eigenvalue weighted by molar-refractivity contribution is 5.07. The first-order valence-electron chi connectivity index (χ1n) is 4.39. The Morgan fingerprint density at radius 2 is 2.00 bits per heavy atom. The van der Waals surface area contributed by atoms with E-state index in [4.69, 9.17) is 0 Å². The summed E-state index contributed by atoms with van der Waals surface area (Å²) in [5.41, 5.74) is 1.32. The maximum atomic E-state index is 2.16. The average molecular weight is 173 g/mol. The van der Waals surface area contributed by atoms with Gasteiger partial charge in [0.05, 0.1) is 6.54 Å². The van der Waals surface area contributed by atoms with Crippen molar-refractivity contribution in [2.45, 2.75) is 6.54 Å². The Hall–Kier alpha value is -1.57. The summed E-state index contributed by atoms with van der Waals surface area (Å²) in [6.07, 6.45) is 8.33. The van der Waals surface area contributed by atoms with Crippen LogP contribution in [-0.2, 0) is 13.6 Å². The highest BCUT2D eigenvalue weighted by Gasteiger charge is 1.97. The molecule has 13 heavy (non-hydrogen) atoms. The molecule has 0 bridgehead atoms. The van der Waals surface area contributed by atoms with Crippen LogP contribution in [0.1, 0.15) is 5.56 Å². The quantitative estimate of drug-likeness (QED) is 0.606. The fraction of sp³-hybridized carbons (Fsp3) is 0.182. The van der Waals surface area contributed by atoms with Crippen LogP contribution in [0.25, 0.3) is 0 Å². The zero-order chi connectivity index (χ0) is 9.10. The van der Waals surface area contributed by atoms with Gasteiger partial charge in [-0.05, 0) is 18.2 Å². The second-order valence-electron chi connectivity index (χ2n) is 3.23. The van der Waals surface area contributed by atoms with Gasteiger partial charge in [-0.1, -0.05) is 0 Å². The molecule has 2 rings (SSSR count). The summed E-state index contributed by atoms with van der Waals surface area (Å²) >= 11 is 0. The molecule has 0 aromatic carbocycles. The lowest BCUT2D eigenvalue weighted by atomic mass is 10.3. The Bertz CT molecular complexity index is 377. The molecule has 66 valence electrons. The molecule has 0 aliphatic heterocycles. The minimum atomic E-state index is 0.946. The first-order valence-corrected chi connectivity index (χ1v) is 4.39. The second-order valence-corrected chi connectivity index (χ2v) is 3.23. The highest BCUT2D eigenvalue weighted by Crippen LogP contribution is 1.99. The normalized spacial score (nSPS) is 10.2. The van der Waals surface area contributed by atoms with Gasteiger partial charge < -0.3 is 4.57 Å². The largest absolute Gasteiger partial charge is 0.350 e. The van der Waals surface area contributed by atoms with Gasteiger partial charge in [-0.2, -0.15) is 0 Å². The van der Waals surface area contributed by atoms with Crippen LogP contribution >= 0.6 is 0 Å². The summed E-state index contributed by atoms with van der Waals surface area (Å²) in [5, 5.41) is 0. The molecule has 0 saturated carbocycles. The van der Waals surface area contributed by atoms with Crippen LogP contribution in [0.15, 0.2) is 49.1 Å². The molecule has 0 N–H and O–H groups in total. The first-order chi connectivity index (χ1) is 6.34. The predicted octanol–water partition coefficient (Wildman–Crippen LogP) is 1.36. The van der Waals surface area contributed by atoms with Crippen molar-refractivity contribution in [2.24, 2.45) is 7.05 Å². The molecule has 2 aromatic heterocycles. The maximum absolute atomic E-state index is 2.16. The molecule has 0 spiro atoms. The van der Waals surface area contributed by atoms with Crippen LogP contribution in [0, 0.1) is 0 Å². The van der Waals surface area contributed by atoms with Gasteiger partial charge in [0, 0.05) is 24.0 Å². The van der Waals surface area contributed by atoms with Gasteiger partial charge in [0.2, 0.25) is 0 Å². The molecule has 0 atom stereocenters. The zero-order valence-corrected chi connectivity index (χ0v) is 7.72. The number of aromatic nitrogens is 2. The van der Waals surface area contributed by atoms with E-state index in [1.807, 2.05) is 25.4 Å². The molecule has 2 heterocycles. The number of nitrogens with zero attached hydrogens (tertiary/aromatic N) is 2. The number of rotatable bonds is 2. The fourth-order valence-electron chi connectivity index (χ4n) is 1.43. The molecule has 0 aliphatic carbocycles. The standard InChI is InChI=1S/C11H13N2/c1-12-6-4-5-11(9-12)10-13-7-2-3-8-13/h2-9H,10H2,1H3/q+1. The molecule has 2 aromatic rings. The summed E-state index contributed by atoms with van der Waals surface area (Å²) in [6.45, 7) is 0.946. The molecule has 0 amide bonds. The molecule has 2 heteroatoms. The van der Waals surface area contributed by atoms with Crippen molar-refractivity contribution < 1.29 is 4.57 Å². The van der Waals surface area contributed by atoms with E-state index >= 15 is 0 Å². The number of hydrogen-bond donors (Lipinski definition) is 0. The molecule has 0 aliphatic rings. The van der Waals surface area contributed by atoms with E-state index < -0.39 is 0 Å². The Labute approximate surface area is 78.1 Å². The van der Waals surface area contributed by atoms with Gasteiger partial charge in [0.15, 0.2) is 12.4 Å². The predicted molar refractivity (Wildman–Crippen MR) is 51.2 cm³/mol. The summed E-state index contributed by atoms with van der Waals surface area (Å²) in [7, 11) is 2.04. The van der Waals surface area contributed by atoms with Crippen LogP contribution in [0.4, 0.5) is 0 Å². The summed E-state index contributed by atoms with van der Waals surface area (Å²) in [4.78, 5) is 0. The third-order valence-corrected chi connectivity index (χ3v) is 2.03. The summed E-state index contributed by atoms with van der Waals surface area (Å²) in [5.74, 6) is 0. The van der Waals surface area contributed by atoms with Crippen molar-refractivity contribution in [1.29, 1.82) is 0 Å². The molecule has 2 nitrogen and oxygen atoms in total. The topological polar surface area (TPSA) is 8.81 Å². The molecule has 0 unspecified atom stereocenters. The summed E-state index contributed by atoms with van der Waals surface area (Å²) < 4.78 is 4.23. The number of aryl methyl sites for hydroxylation is 1. The van der Waals surface area contributed by atoms with Crippen LogP contribution < -0.4 is 4.57 Å². The first kappa shape index (κ1) is 8.05. The third kappa shape index (κ3) is 1.96. The van der Waals surface area contributed by atoms with Gasteiger partial charge in [-0.25, -0.2) is 4.57 Å². The van der Waals surface area contributed by atoms with Crippen LogP contribution in [0.2, 0.25) is 0 Å². The van der Waals surface area contributed by atoms with E-state index in [0.717, 1.165) is 6.54 Å². The smallest absolute Gasteiger partial charge is 0.173 e. The number of pyridine rings is 1. The van der Waals surface area contributed by atoms with Gasteiger partial charge in [-0.3, -0.25) is 0 Å². The lowest BCUT2D eigenvalue weighted by Gasteiger charge is -2.00. The minimum Gasteiger partial charge on any atom is -0.350 e. The summed E-state index contributed by atoms with van der Waals surface area (Å²) in [6, 6.07) is 8.30. The Kier molecular flexibility index (Phi) is 2.13. The Balaban J connectivity index is 2.19. The van der Waals surface area contributed by atoms with Crippen molar-refractivity contribution in [3.63, 3.8) is 0 Å². The van der Waals surface area contributed by atoms with E-state index in [1.54, 1.807) is 0 Å². The van der Waals surface area contributed by atoms with Crippen LogP contribution in [0.5, 0.6) is 0 Å². The van der Waals surface area contributed by atoms with Crippen LogP contribution in [-0.4, -0.2) is 4.57 Å². The monoisotopic (exact) mass is 173 g/mol. The lowest BCUT2D eigenvalue weighted by molar-refractivity contribution is -0.671. The van der Waals surface area contributed by atoms with E-state index in [2.05, 4.69) is 39.9 Å². The van der Waals surface area contributed by atoms with Gasteiger partial charge in [0.25, 0.3) is 0 Å². The highest BCUT2D eigenvalue weighted by atomic mass is 14.9. The van der Waals surface area contributed by atoms with Crippen molar-refractivity contribution in [1.82, 2.24) is 4.57 Å². The maximum Gasteiger partial charge on any atom is 0.173 e. The van der Waals surface area contributed by atoms with Crippen molar-refractivity contribution >= 4 is 0 Å². The van der Waals surface area contributed by atoms with Gasteiger partial charge in [0.1, 0.15) is 7.05 Å². The minimum absolute atomic E-state index is 0.946. The fourth-order valence-corrected chi connectivity index (χ4v) is 1.43.